The van der Waals surface area contributed by atoms with Crippen LogP contribution < -0.4 is 10.5 Å². The van der Waals surface area contributed by atoms with Crippen LogP contribution in [0.2, 0.25) is 0 Å². The Morgan fingerprint density at radius 2 is 1.92 bits per heavy atom. The minimum absolute atomic E-state index is 0.155. The van der Waals surface area contributed by atoms with Gasteiger partial charge in [0.05, 0.1) is 18.3 Å². The highest BCUT2D eigenvalue weighted by atomic mass is 16.5. The summed E-state index contributed by atoms with van der Waals surface area (Å²) in [4.78, 5) is 14.9. The Bertz CT molecular complexity index is 1190. The smallest absolute Gasteiger partial charge is 0.319 e. The van der Waals surface area contributed by atoms with Crippen molar-refractivity contribution >= 4 is 16.9 Å². The summed E-state index contributed by atoms with van der Waals surface area (Å²) < 4.78 is 18.1. The zero-order chi connectivity index (χ0) is 26.0. The zero-order valence-electron chi connectivity index (χ0n) is 22.6. The van der Waals surface area contributed by atoms with E-state index in [-0.39, 0.29) is 11.7 Å². The van der Waals surface area contributed by atoms with Gasteiger partial charge in [0.2, 0.25) is 0 Å². The number of fused-ring (bicyclic) bond motifs is 1. The number of rotatable bonds is 11. The van der Waals surface area contributed by atoms with Crippen LogP contribution in [0.5, 0.6) is 6.01 Å². The number of nitrogen functional groups attached to an aromatic ring is 1. The first-order valence-electron chi connectivity index (χ1n) is 13.7. The van der Waals surface area contributed by atoms with Crippen LogP contribution in [-0.2, 0) is 16.0 Å². The maximum Gasteiger partial charge on any atom is 0.319 e. The van der Waals surface area contributed by atoms with Crippen LogP contribution in [0.15, 0.2) is 30.5 Å². The van der Waals surface area contributed by atoms with E-state index in [2.05, 4.69) is 59.9 Å². The Balaban J connectivity index is 1.40. The number of benzene rings is 1. The molecular formula is C29H41N5O3. The lowest BCUT2D eigenvalue weighted by molar-refractivity contribution is -0.00766. The maximum atomic E-state index is 6.81. The van der Waals surface area contributed by atoms with Crippen molar-refractivity contribution in [2.24, 2.45) is 5.92 Å². The zero-order valence-corrected chi connectivity index (χ0v) is 22.6. The number of piperidine rings is 1. The predicted molar refractivity (Wildman–Crippen MR) is 146 cm³/mol. The predicted octanol–water partition coefficient (Wildman–Crippen LogP) is 5.23. The van der Waals surface area contributed by atoms with Crippen molar-refractivity contribution in [3.8, 4) is 6.01 Å². The van der Waals surface area contributed by atoms with Crippen molar-refractivity contribution in [3.63, 3.8) is 0 Å². The Labute approximate surface area is 219 Å². The molecule has 2 aromatic heterocycles. The van der Waals surface area contributed by atoms with Crippen LogP contribution in [0.3, 0.4) is 0 Å². The molecule has 2 unspecified atom stereocenters. The van der Waals surface area contributed by atoms with Gasteiger partial charge in [-0.05, 0) is 49.7 Å². The molecule has 2 aliphatic rings. The highest BCUT2D eigenvalue weighted by molar-refractivity contribution is 5.88. The molecule has 200 valence electrons. The SMILES string of the molecule is CCCCOc1nc(N)c2[nH]cc(C(O[C@@]3(C)CC3C)c3ccc(CN4CCC(OC)CC4)cc3)c2n1. The lowest BCUT2D eigenvalue weighted by atomic mass is 10.00. The molecule has 3 N–H and O–H groups in total. The molecule has 3 aromatic rings. The largest absolute Gasteiger partial charge is 0.463 e. The molecule has 3 atom stereocenters. The van der Waals surface area contributed by atoms with Crippen LogP contribution in [0.4, 0.5) is 5.82 Å². The quantitative estimate of drug-likeness (QED) is 0.343. The second kappa shape index (κ2) is 11.0. The van der Waals surface area contributed by atoms with Crippen molar-refractivity contribution in [1.29, 1.82) is 0 Å². The molecule has 0 spiro atoms. The lowest BCUT2D eigenvalue weighted by Gasteiger charge is -2.31. The molecule has 5 rings (SSSR count). The van der Waals surface area contributed by atoms with E-state index in [0.717, 1.165) is 73.9 Å². The Morgan fingerprint density at radius 1 is 1.19 bits per heavy atom. The van der Waals surface area contributed by atoms with Gasteiger partial charge in [0, 0.05) is 38.5 Å². The number of aromatic amines is 1. The summed E-state index contributed by atoms with van der Waals surface area (Å²) in [5, 5.41) is 0. The van der Waals surface area contributed by atoms with E-state index in [1.807, 2.05) is 13.3 Å². The molecule has 0 radical (unpaired) electrons. The van der Waals surface area contributed by atoms with Gasteiger partial charge in [0.25, 0.3) is 0 Å². The van der Waals surface area contributed by atoms with Gasteiger partial charge in [0.1, 0.15) is 17.1 Å². The topological polar surface area (TPSA) is 98.5 Å². The number of methoxy groups -OCH3 is 1. The molecule has 0 bridgehead atoms. The number of H-pyrrole nitrogens is 1. The van der Waals surface area contributed by atoms with Crippen molar-refractivity contribution < 1.29 is 14.2 Å². The Hall–Kier alpha value is -2.68. The van der Waals surface area contributed by atoms with Crippen LogP contribution in [0, 0.1) is 5.92 Å². The van der Waals surface area contributed by atoms with Gasteiger partial charge >= 0.3 is 6.01 Å². The molecule has 1 aliphatic heterocycles. The van der Waals surface area contributed by atoms with Crippen LogP contribution in [0.1, 0.15) is 75.7 Å². The molecule has 1 aromatic carbocycles. The molecule has 8 nitrogen and oxygen atoms in total. The molecular weight excluding hydrogens is 466 g/mol. The maximum absolute atomic E-state index is 6.81. The first-order valence-corrected chi connectivity index (χ1v) is 13.7. The van der Waals surface area contributed by atoms with E-state index in [9.17, 15) is 0 Å². The normalized spacial score (nSPS) is 23.4. The molecule has 1 saturated heterocycles. The fourth-order valence-corrected chi connectivity index (χ4v) is 5.25. The van der Waals surface area contributed by atoms with E-state index in [1.165, 1.54) is 5.56 Å². The number of anilines is 1. The van der Waals surface area contributed by atoms with Crippen molar-refractivity contribution in [1.82, 2.24) is 19.9 Å². The van der Waals surface area contributed by atoms with E-state index >= 15 is 0 Å². The highest BCUT2D eigenvalue weighted by Gasteiger charge is 2.50. The Kier molecular flexibility index (Phi) is 7.70. The van der Waals surface area contributed by atoms with Crippen molar-refractivity contribution in [2.45, 2.75) is 77.2 Å². The van der Waals surface area contributed by atoms with Crippen molar-refractivity contribution in [3.05, 3.63) is 47.2 Å². The number of nitrogens with one attached hydrogen (secondary N) is 1. The lowest BCUT2D eigenvalue weighted by Crippen LogP contribution is -2.36. The first kappa shape index (κ1) is 25.9. The summed E-state index contributed by atoms with van der Waals surface area (Å²) in [5.41, 5.74) is 11.0. The average molecular weight is 508 g/mol. The van der Waals surface area contributed by atoms with Gasteiger partial charge in [-0.3, -0.25) is 4.90 Å². The molecule has 0 amide bonds. The van der Waals surface area contributed by atoms with E-state index < -0.39 is 0 Å². The summed E-state index contributed by atoms with van der Waals surface area (Å²) in [6.07, 6.45) is 7.31. The van der Waals surface area contributed by atoms with Crippen molar-refractivity contribution in [2.75, 3.05) is 32.5 Å². The minimum atomic E-state index is -0.270. The third-order valence-electron chi connectivity index (χ3n) is 8.11. The summed E-state index contributed by atoms with van der Waals surface area (Å²) in [7, 11) is 1.81. The standard InChI is InChI=1S/C29H41N5O3/c1-5-6-15-36-28-32-24-23(17-31-25(24)27(30)33-28)26(37-29(3)16-19(29)2)21-9-7-20(8-10-21)18-34-13-11-22(35-4)12-14-34/h7-10,17,19,22,26,31H,5-6,11-16,18H2,1-4H3,(H2,30,32,33)/t19?,26?,29-/m0/s1. The van der Waals surface area contributed by atoms with Gasteiger partial charge in [-0.25, -0.2) is 0 Å². The second-order valence-corrected chi connectivity index (χ2v) is 10.9. The Morgan fingerprint density at radius 3 is 2.57 bits per heavy atom. The molecule has 1 aliphatic carbocycles. The van der Waals surface area contributed by atoms with E-state index in [1.54, 1.807) is 0 Å². The number of hydrogen-bond donors (Lipinski definition) is 2. The van der Waals surface area contributed by atoms with Crippen LogP contribution in [-0.4, -0.2) is 58.4 Å². The highest BCUT2D eigenvalue weighted by Crippen LogP contribution is 2.50. The average Bonchev–Trinajstić information content (AvgIpc) is 3.28. The first-order chi connectivity index (χ1) is 17.9. The molecule has 37 heavy (non-hydrogen) atoms. The summed E-state index contributed by atoms with van der Waals surface area (Å²) in [6, 6.07) is 9.16. The minimum Gasteiger partial charge on any atom is -0.463 e. The van der Waals surface area contributed by atoms with Crippen LogP contribution in [0.25, 0.3) is 11.0 Å². The number of nitrogens with zero attached hydrogens (tertiary/aromatic N) is 3. The van der Waals surface area contributed by atoms with Gasteiger partial charge in [-0.1, -0.05) is 44.5 Å². The third-order valence-corrected chi connectivity index (χ3v) is 8.11. The third kappa shape index (κ3) is 5.76. The van der Waals surface area contributed by atoms with Crippen LogP contribution >= 0.6 is 0 Å². The molecule has 2 fully saturated rings. The fourth-order valence-electron chi connectivity index (χ4n) is 5.25. The number of ether oxygens (including phenoxy) is 3. The molecule has 8 heteroatoms. The van der Waals surface area contributed by atoms with Gasteiger partial charge in [-0.2, -0.15) is 9.97 Å². The summed E-state index contributed by atoms with van der Waals surface area (Å²) in [6.45, 7) is 10.2. The fraction of sp³-hybridized carbons (Fsp3) is 0.586. The summed E-state index contributed by atoms with van der Waals surface area (Å²) in [5.74, 6) is 0.905. The van der Waals surface area contributed by atoms with Gasteiger partial charge < -0.3 is 24.9 Å². The molecule has 3 heterocycles. The second-order valence-electron chi connectivity index (χ2n) is 10.9. The molecule has 1 saturated carbocycles. The monoisotopic (exact) mass is 507 g/mol. The number of hydrogen-bond acceptors (Lipinski definition) is 7. The number of likely N-dealkylation sites (tertiary alicyclic amines) is 1. The number of aromatic nitrogens is 3. The number of unbranched alkanes of at least 4 members (excludes halogenated alkanes) is 1. The number of nitrogens with two attached hydrogens (primary N) is 1. The summed E-state index contributed by atoms with van der Waals surface area (Å²) >= 11 is 0. The van der Waals surface area contributed by atoms with Gasteiger partial charge in [-0.15, -0.1) is 0 Å². The van der Waals surface area contributed by atoms with E-state index in [4.69, 9.17) is 24.9 Å². The van der Waals surface area contributed by atoms with E-state index in [0.29, 0.717) is 30.5 Å². The van der Waals surface area contributed by atoms with Gasteiger partial charge in [0.15, 0.2) is 5.82 Å².